The SMILES string of the molecule is O=C(NCc1ccccc1)C1CCN(C(=O)COC[C@@H]2CCCO2)CC1. The molecule has 6 heteroatoms. The lowest BCUT2D eigenvalue weighted by atomic mass is 9.96. The molecule has 2 amide bonds. The number of hydrogen-bond donors (Lipinski definition) is 1. The van der Waals surface area contributed by atoms with E-state index in [4.69, 9.17) is 9.47 Å². The molecule has 0 spiro atoms. The molecule has 2 aliphatic rings. The molecular formula is C20H28N2O4. The number of likely N-dealkylation sites (tertiary alicyclic amines) is 1. The molecule has 0 aromatic heterocycles. The van der Waals surface area contributed by atoms with Gasteiger partial charge in [0.1, 0.15) is 6.61 Å². The smallest absolute Gasteiger partial charge is 0.248 e. The fraction of sp³-hybridized carbons (Fsp3) is 0.600. The van der Waals surface area contributed by atoms with Gasteiger partial charge in [0.2, 0.25) is 11.8 Å². The van der Waals surface area contributed by atoms with E-state index in [0.717, 1.165) is 25.0 Å². The first-order valence-electron chi connectivity index (χ1n) is 9.51. The number of ether oxygens (including phenoxy) is 2. The molecule has 2 fully saturated rings. The van der Waals surface area contributed by atoms with E-state index in [-0.39, 0.29) is 30.4 Å². The Morgan fingerprint density at radius 3 is 2.62 bits per heavy atom. The minimum absolute atomic E-state index is 0.00569. The molecule has 0 saturated carbocycles. The van der Waals surface area contributed by atoms with Crippen LogP contribution in [0.25, 0.3) is 0 Å². The molecule has 0 aliphatic carbocycles. The first-order chi connectivity index (χ1) is 12.7. The number of nitrogens with zero attached hydrogens (tertiary/aromatic N) is 1. The second kappa shape index (κ2) is 9.69. The van der Waals surface area contributed by atoms with Gasteiger partial charge in [0.15, 0.2) is 0 Å². The fourth-order valence-corrected chi connectivity index (χ4v) is 3.47. The molecule has 2 saturated heterocycles. The number of carbonyl (C=O) groups excluding carboxylic acids is 2. The standard InChI is InChI=1S/C20H28N2O4/c23-19(15-25-14-18-7-4-12-26-18)22-10-8-17(9-11-22)20(24)21-13-16-5-2-1-3-6-16/h1-3,5-6,17-18H,4,7-15H2,(H,21,24)/t18-/m0/s1. The number of carbonyl (C=O) groups is 2. The van der Waals surface area contributed by atoms with Crippen LogP contribution in [0.2, 0.25) is 0 Å². The average molecular weight is 360 g/mol. The summed E-state index contributed by atoms with van der Waals surface area (Å²) in [7, 11) is 0. The number of benzene rings is 1. The molecular weight excluding hydrogens is 332 g/mol. The number of nitrogens with one attached hydrogen (secondary N) is 1. The average Bonchev–Trinajstić information content (AvgIpc) is 3.20. The second-order valence-electron chi connectivity index (χ2n) is 7.01. The zero-order valence-corrected chi connectivity index (χ0v) is 15.2. The van der Waals surface area contributed by atoms with E-state index in [1.165, 1.54) is 0 Å². The zero-order chi connectivity index (χ0) is 18.2. The van der Waals surface area contributed by atoms with Crippen LogP contribution in [0, 0.1) is 5.92 Å². The third-order valence-electron chi connectivity index (χ3n) is 5.08. The van der Waals surface area contributed by atoms with Crippen molar-refractivity contribution in [2.45, 2.75) is 38.3 Å². The maximum atomic E-state index is 12.3. The van der Waals surface area contributed by atoms with Gasteiger partial charge in [-0.1, -0.05) is 30.3 Å². The van der Waals surface area contributed by atoms with Gasteiger partial charge in [0, 0.05) is 32.2 Å². The Morgan fingerprint density at radius 1 is 1.15 bits per heavy atom. The van der Waals surface area contributed by atoms with Gasteiger partial charge in [0.05, 0.1) is 12.7 Å². The molecule has 26 heavy (non-hydrogen) atoms. The lowest BCUT2D eigenvalue weighted by molar-refractivity contribution is -0.140. The predicted octanol–water partition coefficient (Wildman–Crippen LogP) is 1.74. The minimum atomic E-state index is -0.0180. The van der Waals surface area contributed by atoms with E-state index in [9.17, 15) is 9.59 Å². The van der Waals surface area contributed by atoms with Crippen LogP contribution in [0.15, 0.2) is 30.3 Å². The highest BCUT2D eigenvalue weighted by molar-refractivity contribution is 5.80. The molecule has 1 aromatic rings. The van der Waals surface area contributed by atoms with Crippen molar-refractivity contribution >= 4 is 11.8 Å². The summed E-state index contributed by atoms with van der Waals surface area (Å²) in [6, 6.07) is 9.89. The molecule has 6 nitrogen and oxygen atoms in total. The van der Waals surface area contributed by atoms with E-state index in [1.54, 1.807) is 4.90 Å². The molecule has 2 heterocycles. The Hall–Kier alpha value is -1.92. The summed E-state index contributed by atoms with van der Waals surface area (Å²) in [5, 5.41) is 3.00. The first kappa shape index (κ1) is 18.9. The van der Waals surface area contributed by atoms with Crippen molar-refractivity contribution in [3.8, 4) is 0 Å². The topological polar surface area (TPSA) is 67.9 Å². The van der Waals surface area contributed by atoms with Gasteiger partial charge in [-0.15, -0.1) is 0 Å². The third kappa shape index (κ3) is 5.54. The largest absolute Gasteiger partial charge is 0.376 e. The van der Waals surface area contributed by atoms with Crippen LogP contribution in [0.1, 0.15) is 31.2 Å². The molecule has 1 aromatic carbocycles. The number of rotatable bonds is 7. The summed E-state index contributed by atoms with van der Waals surface area (Å²) in [5.74, 6) is 0.0669. The van der Waals surface area contributed by atoms with Gasteiger partial charge in [-0.2, -0.15) is 0 Å². The number of amides is 2. The van der Waals surface area contributed by atoms with Crippen molar-refractivity contribution < 1.29 is 19.1 Å². The Kier molecular flexibility index (Phi) is 7.03. The quantitative estimate of drug-likeness (QED) is 0.804. The Bertz CT molecular complexity index is 579. The molecule has 1 N–H and O–H groups in total. The Labute approximate surface area is 154 Å². The van der Waals surface area contributed by atoms with Crippen molar-refractivity contribution in [3.05, 3.63) is 35.9 Å². The minimum Gasteiger partial charge on any atom is -0.376 e. The van der Waals surface area contributed by atoms with Crippen LogP contribution >= 0.6 is 0 Å². The monoisotopic (exact) mass is 360 g/mol. The summed E-state index contributed by atoms with van der Waals surface area (Å²) < 4.78 is 11.0. The molecule has 1 atom stereocenters. The summed E-state index contributed by atoms with van der Waals surface area (Å²) in [5.41, 5.74) is 1.09. The Balaban J connectivity index is 1.32. The molecule has 0 radical (unpaired) electrons. The molecule has 0 unspecified atom stereocenters. The fourth-order valence-electron chi connectivity index (χ4n) is 3.47. The molecule has 3 rings (SSSR count). The normalized spacial score (nSPS) is 20.9. The van der Waals surface area contributed by atoms with E-state index in [0.29, 0.717) is 39.1 Å². The summed E-state index contributed by atoms with van der Waals surface area (Å²) in [4.78, 5) is 26.3. The Morgan fingerprint density at radius 2 is 1.92 bits per heavy atom. The number of hydrogen-bond acceptors (Lipinski definition) is 4. The van der Waals surface area contributed by atoms with E-state index >= 15 is 0 Å². The molecule has 0 bridgehead atoms. The van der Waals surface area contributed by atoms with Crippen LogP contribution < -0.4 is 5.32 Å². The molecule has 2 aliphatic heterocycles. The van der Waals surface area contributed by atoms with Crippen LogP contribution in [0.5, 0.6) is 0 Å². The van der Waals surface area contributed by atoms with Gasteiger partial charge < -0.3 is 19.7 Å². The van der Waals surface area contributed by atoms with Crippen LogP contribution in [0.3, 0.4) is 0 Å². The van der Waals surface area contributed by atoms with E-state index in [1.807, 2.05) is 30.3 Å². The van der Waals surface area contributed by atoms with E-state index < -0.39 is 0 Å². The van der Waals surface area contributed by atoms with Gasteiger partial charge in [-0.25, -0.2) is 0 Å². The zero-order valence-electron chi connectivity index (χ0n) is 15.2. The van der Waals surface area contributed by atoms with Gasteiger partial charge in [0.25, 0.3) is 0 Å². The summed E-state index contributed by atoms with van der Waals surface area (Å²) in [6.07, 6.45) is 3.64. The summed E-state index contributed by atoms with van der Waals surface area (Å²) >= 11 is 0. The first-order valence-corrected chi connectivity index (χ1v) is 9.51. The molecule has 142 valence electrons. The van der Waals surface area contributed by atoms with Crippen molar-refractivity contribution in [2.24, 2.45) is 5.92 Å². The maximum Gasteiger partial charge on any atom is 0.248 e. The lowest BCUT2D eigenvalue weighted by Gasteiger charge is -2.31. The van der Waals surface area contributed by atoms with Crippen molar-refractivity contribution in [1.82, 2.24) is 10.2 Å². The van der Waals surface area contributed by atoms with Gasteiger partial charge >= 0.3 is 0 Å². The highest BCUT2D eigenvalue weighted by Crippen LogP contribution is 2.18. The van der Waals surface area contributed by atoms with Crippen LogP contribution in [0.4, 0.5) is 0 Å². The lowest BCUT2D eigenvalue weighted by Crippen LogP contribution is -2.44. The maximum absolute atomic E-state index is 12.3. The second-order valence-corrected chi connectivity index (χ2v) is 7.01. The van der Waals surface area contributed by atoms with Crippen LogP contribution in [-0.2, 0) is 25.6 Å². The van der Waals surface area contributed by atoms with Crippen molar-refractivity contribution in [3.63, 3.8) is 0 Å². The summed E-state index contributed by atoms with van der Waals surface area (Å²) in [6.45, 7) is 3.17. The van der Waals surface area contributed by atoms with Crippen molar-refractivity contribution in [1.29, 1.82) is 0 Å². The number of piperidine rings is 1. The van der Waals surface area contributed by atoms with Gasteiger partial charge in [-0.3, -0.25) is 9.59 Å². The third-order valence-corrected chi connectivity index (χ3v) is 5.08. The van der Waals surface area contributed by atoms with Gasteiger partial charge in [-0.05, 0) is 31.2 Å². The predicted molar refractivity (Wildman–Crippen MR) is 97.4 cm³/mol. The highest BCUT2D eigenvalue weighted by atomic mass is 16.5. The highest BCUT2D eigenvalue weighted by Gasteiger charge is 2.27. The van der Waals surface area contributed by atoms with Crippen molar-refractivity contribution in [2.75, 3.05) is 32.9 Å². The van der Waals surface area contributed by atoms with Crippen LogP contribution in [-0.4, -0.2) is 55.7 Å². The van der Waals surface area contributed by atoms with E-state index in [2.05, 4.69) is 5.32 Å².